The van der Waals surface area contributed by atoms with E-state index in [1.807, 2.05) is 30.3 Å². The standard InChI is InChI=1S/C21H19N3O5/c25-21(27-11-14-4-3-9-26-14)19-20(24-16-6-2-1-5-15(16)23-19)22-13-7-8-17-18(10-13)29-12-28-17/h1-2,5-8,10,14H,3-4,9,11-12H2,(H,22,24). The highest BCUT2D eigenvalue weighted by Gasteiger charge is 2.23. The summed E-state index contributed by atoms with van der Waals surface area (Å²) in [5, 5.41) is 3.16. The Labute approximate surface area is 166 Å². The summed E-state index contributed by atoms with van der Waals surface area (Å²) in [6.07, 6.45) is 1.81. The largest absolute Gasteiger partial charge is 0.458 e. The predicted molar refractivity (Wildman–Crippen MR) is 105 cm³/mol. The lowest BCUT2D eigenvalue weighted by molar-refractivity contribution is 0.0157. The van der Waals surface area contributed by atoms with Gasteiger partial charge in [-0.1, -0.05) is 12.1 Å². The molecular formula is C21H19N3O5. The number of anilines is 2. The first-order valence-corrected chi connectivity index (χ1v) is 9.48. The number of fused-ring (bicyclic) bond motifs is 2. The summed E-state index contributed by atoms with van der Waals surface area (Å²) in [6.45, 7) is 1.10. The van der Waals surface area contributed by atoms with Gasteiger partial charge in [-0.05, 0) is 37.1 Å². The minimum atomic E-state index is -0.540. The van der Waals surface area contributed by atoms with Gasteiger partial charge in [-0.3, -0.25) is 0 Å². The van der Waals surface area contributed by atoms with Crippen LogP contribution < -0.4 is 14.8 Å². The molecule has 3 aromatic rings. The molecule has 1 aromatic heterocycles. The topological polar surface area (TPSA) is 91.8 Å². The van der Waals surface area contributed by atoms with Gasteiger partial charge in [0.05, 0.1) is 17.1 Å². The third-order valence-corrected chi connectivity index (χ3v) is 4.82. The van der Waals surface area contributed by atoms with Crippen LogP contribution in [-0.4, -0.2) is 42.0 Å². The zero-order valence-corrected chi connectivity index (χ0v) is 15.6. The van der Waals surface area contributed by atoms with Crippen LogP contribution in [0.25, 0.3) is 11.0 Å². The van der Waals surface area contributed by atoms with Gasteiger partial charge >= 0.3 is 5.97 Å². The normalized spacial score (nSPS) is 17.4. The van der Waals surface area contributed by atoms with Crippen molar-refractivity contribution in [3.8, 4) is 11.5 Å². The maximum Gasteiger partial charge on any atom is 0.360 e. The number of carbonyl (C=O) groups excluding carboxylic acids is 1. The van der Waals surface area contributed by atoms with Gasteiger partial charge < -0.3 is 24.3 Å². The van der Waals surface area contributed by atoms with E-state index in [2.05, 4.69) is 15.3 Å². The molecule has 3 heterocycles. The van der Waals surface area contributed by atoms with Gasteiger partial charge in [0.1, 0.15) is 6.61 Å². The molecule has 0 saturated carbocycles. The second-order valence-electron chi connectivity index (χ2n) is 6.84. The Hall–Kier alpha value is -3.39. The number of aromatic nitrogens is 2. The van der Waals surface area contributed by atoms with Crippen molar-refractivity contribution in [1.82, 2.24) is 9.97 Å². The zero-order valence-electron chi connectivity index (χ0n) is 15.6. The second-order valence-corrected chi connectivity index (χ2v) is 6.84. The van der Waals surface area contributed by atoms with Crippen molar-refractivity contribution in [3.63, 3.8) is 0 Å². The number of para-hydroxylation sites is 2. The fourth-order valence-corrected chi connectivity index (χ4v) is 3.35. The van der Waals surface area contributed by atoms with E-state index in [0.29, 0.717) is 40.6 Å². The maximum atomic E-state index is 12.8. The molecule has 2 aromatic carbocycles. The third-order valence-electron chi connectivity index (χ3n) is 4.82. The predicted octanol–water partition coefficient (Wildman–Crippen LogP) is 3.44. The highest BCUT2D eigenvalue weighted by molar-refractivity contribution is 5.96. The Morgan fingerprint density at radius 2 is 1.93 bits per heavy atom. The molecular weight excluding hydrogens is 374 g/mol. The lowest BCUT2D eigenvalue weighted by atomic mass is 10.2. The molecule has 1 unspecified atom stereocenters. The van der Waals surface area contributed by atoms with E-state index >= 15 is 0 Å². The van der Waals surface area contributed by atoms with Crippen molar-refractivity contribution >= 4 is 28.5 Å². The molecule has 1 fully saturated rings. The lowest BCUT2D eigenvalue weighted by Crippen LogP contribution is -2.19. The smallest absolute Gasteiger partial charge is 0.360 e. The molecule has 0 bridgehead atoms. The maximum absolute atomic E-state index is 12.8. The molecule has 1 saturated heterocycles. The Morgan fingerprint density at radius 1 is 1.10 bits per heavy atom. The molecule has 2 aliphatic heterocycles. The average Bonchev–Trinajstić information content (AvgIpc) is 3.43. The van der Waals surface area contributed by atoms with Crippen molar-refractivity contribution in [2.75, 3.05) is 25.3 Å². The van der Waals surface area contributed by atoms with E-state index in [1.54, 1.807) is 12.1 Å². The molecule has 1 N–H and O–H groups in total. The summed E-state index contributed by atoms with van der Waals surface area (Å²) in [5.41, 5.74) is 2.12. The van der Waals surface area contributed by atoms with Crippen molar-refractivity contribution in [2.24, 2.45) is 0 Å². The molecule has 0 amide bonds. The number of ether oxygens (including phenoxy) is 4. The van der Waals surface area contributed by atoms with Crippen LogP contribution >= 0.6 is 0 Å². The number of nitrogens with zero attached hydrogens (tertiary/aromatic N) is 2. The first kappa shape index (κ1) is 17.7. The van der Waals surface area contributed by atoms with Crippen LogP contribution in [0.4, 0.5) is 11.5 Å². The Kier molecular flexibility index (Phi) is 4.61. The Morgan fingerprint density at radius 3 is 2.76 bits per heavy atom. The molecule has 0 spiro atoms. The fraction of sp³-hybridized carbons (Fsp3) is 0.286. The van der Waals surface area contributed by atoms with Crippen LogP contribution in [0.1, 0.15) is 23.3 Å². The number of nitrogens with one attached hydrogen (secondary N) is 1. The van der Waals surface area contributed by atoms with Gasteiger partial charge in [0.25, 0.3) is 0 Å². The number of hydrogen-bond donors (Lipinski definition) is 1. The van der Waals surface area contributed by atoms with E-state index in [-0.39, 0.29) is 25.2 Å². The van der Waals surface area contributed by atoms with Crippen molar-refractivity contribution in [2.45, 2.75) is 18.9 Å². The number of hydrogen-bond acceptors (Lipinski definition) is 8. The van der Waals surface area contributed by atoms with Crippen LogP contribution in [-0.2, 0) is 9.47 Å². The molecule has 29 heavy (non-hydrogen) atoms. The van der Waals surface area contributed by atoms with Crippen molar-refractivity contribution < 1.29 is 23.7 Å². The zero-order chi connectivity index (χ0) is 19.6. The lowest BCUT2D eigenvalue weighted by Gasteiger charge is -2.13. The summed E-state index contributed by atoms with van der Waals surface area (Å²) in [5.74, 6) is 1.09. The molecule has 2 aliphatic rings. The quantitative estimate of drug-likeness (QED) is 0.659. The van der Waals surface area contributed by atoms with Crippen LogP contribution in [0.2, 0.25) is 0 Å². The van der Waals surface area contributed by atoms with Gasteiger partial charge in [-0.15, -0.1) is 0 Å². The number of carbonyl (C=O) groups is 1. The summed E-state index contributed by atoms with van der Waals surface area (Å²) < 4.78 is 21.7. The minimum Gasteiger partial charge on any atom is -0.458 e. The van der Waals surface area contributed by atoms with Crippen LogP contribution in [0, 0.1) is 0 Å². The summed E-state index contributed by atoms with van der Waals surface area (Å²) >= 11 is 0. The van der Waals surface area contributed by atoms with Crippen molar-refractivity contribution in [1.29, 1.82) is 0 Å². The van der Waals surface area contributed by atoms with E-state index < -0.39 is 5.97 Å². The number of rotatable bonds is 5. The van der Waals surface area contributed by atoms with Crippen molar-refractivity contribution in [3.05, 3.63) is 48.2 Å². The Balaban J connectivity index is 1.45. The molecule has 0 aliphatic carbocycles. The monoisotopic (exact) mass is 393 g/mol. The summed E-state index contributed by atoms with van der Waals surface area (Å²) in [6, 6.07) is 12.8. The van der Waals surface area contributed by atoms with E-state index in [0.717, 1.165) is 12.8 Å². The highest BCUT2D eigenvalue weighted by atomic mass is 16.7. The number of esters is 1. The van der Waals surface area contributed by atoms with Gasteiger partial charge in [-0.25, -0.2) is 14.8 Å². The fourth-order valence-electron chi connectivity index (χ4n) is 3.35. The molecule has 8 nitrogen and oxygen atoms in total. The first-order valence-electron chi connectivity index (χ1n) is 9.48. The molecule has 1 atom stereocenters. The van der Waals surface area contributed by atoms with E-state index in [4.69, 9.17) is 18.9 Å². The van der Waals surface area contributed by atoms with E-state index in [1.165, 1.54) is 0 Å². The van der Waals surface area contributed by atoms with Crippen LogP contribution in [0.15, 0.2) is 42.5 Å². The van der Waals surface area contributed by atoms with E-state index in [9.17, 15) is 4.79 Å². The third kappa shape index (κ3) is 3.66. The minimum absolute atomic E-state index is 0.0577. The average molecular weight is 393 g/mol. The van der Waals surface area contributed by atoms with Gasteiger partial charge in [0.15, 0.2) is 23.0 Å². The van der Waals surface area contributed by atoms with Gasteiger partial charge in [-0.2, -0.15) is 0 Å². The van der Waals surface area contributed by atoms with Crippen LogP contribution in [0.3, 0.4) is 0 Å². The van der Waals surface area contributed by atoms with Gasteiger partial charge in [0.2, 0.25) is 6.79 Å². The second kappa shape index (κ2) is 7.56. The Bertz CT molecular complexity index is 1070. The summed E-state index contributed by atoms with van der Waals surface area (Å²) in [7, 11) is 0. The summed E-state index contributed by atoms with van der Waals surface area (Å²) in [4.78, 5) is 21.9. The SMILES string of the molecule is O=C(OCC1CCCO1)c1nc2ccccc2nc1Nc1ccc2c(c1)OCO2. The molecule has 5 rings (SSSR count). The molecule has 148 valence electrons. The molecule has 8 heteroatoms. The van der Waals surface area contributed by atoms with Crippen LogP contribution in [0.5, 0.6) is 11.5 Å². The first-order chi connectivity index (χ1) is 14.3. The highest BCUT2D eigenvalue weighted by Crippen LogP contribution is 2.35. The molecule has 0 radical (unpaired) electrons. The van der Waals surface area contributed by atoms with Gasteiger partial charge in [0, 0.05) is 18.4 Å². The number of benzene rings is 2.